The van der Waals surface area contributed by atoms with Gasteiger partial charge in [0.1, 0.15) is 18.1 Å². The molecule has 27 heavy (non-hydrogen) atoms. The summed E-state index contributed by atoms with van der Waals surface area (Å²) in [5, 5.41) is 10.7. The van der Waals surface area contributed by atoms with E-state index in [9.17, 15) is 5.11 Å². The normalized spacial score (nSPS) is 16.0. The maximum atomic E-state index is 9.65. The summed E-state index contributed by atoms with van der Waals surface area (Å²) in [6.45, 7) is 1.62. The monoisotopic (exact) mass is 449 g/mol. The van der Waals surface area contributed by atoms with Gasteiger partial charge in [-0.25, -0.2) is 4.98 Å². The number of phenols is 1. The molecule has 9 heteroatoms. The van der Waals surface area contributed by atoms with Crippen LogP contribution in [0.15, 0.2) is 42.7 Å². The maximum Gasteiger partial charge on any atom is 0.186 e. The molecule has 1 atom stereocenters. The third-order valence-electron chi connectivity index (χ3n) is 4.31. The van der Waals surface area contributed by atoms with Gasteiger partial charge in [-0.2, -0.15) is 0 Å². The van der Waals surface area contributed by atoms with Crippen molar-refractivity contribution in [1.29, 1.82) is 0 Å². The second-order valence-corrected chi connectivity index (χ2v) is 7.00. The molecule has 1 N–H and O–H groups in total. The molecule has 1 saturated heterocycles. The number of rotatable bonds is 4. The van der Waals surface area contributed by atoms with Crippen LogP contribution in [0.1, 0.15) is 19.3 Å². The Morgan fingerprint density at radius 1 is 1.19 bits per heavy atom. The summed E-state index contributed by atoms with van der Waals surface area (Å²) < 4.78 is 6.94. The van der Waals surface area contributed by atoms with Crippen LogP contribution in [-0.4, -0.2) is 34.3 Å². The van der Waals surface area contributed by atoms with E-state index in [2.05, 4.69) is 9.88 Å². The Kier molecular flexibility index (Phi) is 9.39. The number of ether oxygens (including phenoxy) is 1. The highest BCUT2D eigenvalue weighted by Crippen LogP contribution is 2.34. The first-order chi connectivity index (χ1) is 11.8. The largest absolute Gasteiger partial charge is 0.508 e. The van der Waals surface area contributed by atoms with Crippen molar-refractivity contribution >= 4 is 63.9 Å². The molecule has 3 aromatic rings. The molecule has 0 radical (unpaired) electrons. The molecule has 1 aromatic carbocycles. The van der Waals surface area contributed by atoms with Crippen LogP contribution >= 0.6 is 48.6 Å². The average molecular weight is 451 g/mol. The molecule has 1 aliphatic heterocycles. The molecule has 1 unspecified atom stereocenters. The minimum atomic E-state index is 0. The first-order valence-corrected chi connectivity index (χ1v) is 9.00. The van der Waals surface area contributed by atoms with Gasteiger partial charge in [-0.15, -0.1) is 37.2 Å². The van der Waals surface area contributed by atoms with E-state index in [0.717, 1.165) is 34.1 Å². The first-order valence-electron chi connectivity index (χ1n) is 8.18. The minimum absolute atomic E-state index is 0. The second-order valence-electron chi connectivity index (χ2n) is 5.99. The van der Waals surface area contributed by atoms with Gasteiger partial charge < -0.3 is 14.7 Å². The van der Waals surface area contributed by atoms with Gasteiger partial charge in [0, 0.05) is 12.7 Å². The van der Waals surface area contributed by atoms with Crippen molar-refractivity contribution in [2.45, 2.75) is 25.3 Å². The van der Waals surface area contributed by atoms with Crippen molar-refractivity contribution in [3.05, 3.63) is 42.7 Å². The van der Waals surface area contributed by atoms with Crippen LogP contribution in [0.4, 0.5) is 5.13 Å². The number of piperidine rings is 1. The van der Waals surface area contributed by atoms with Gasteiger partial charge in [0.15, 0.2) is 5.13 Å². The molecular weight excluding hydrogens is 429 g/mol. The highest BCUT2D eigenvalue weighted by molar-refractivity contribution is 7.22. The lowest BCUT2D eigenvalue weighted by Gasteiger charge is -2.35. The molecule has 4 rings (SSSR count). The Bertz CT molecular complexity index is 835. The van der Waals surface area contributed by atoms with Crippen molar-refractivity contribution in [2.24, 2.45) is 0 Å². The molecule has 0 amide bonds. The standard InChI is InChI=1S/C18H19N3O2S.3ClH/c22-14-6-7-16-17(10-14)24-18(20-16)21-9-2-1-4-13(21)12-23-15-5-3-8-19-11-15;;;/h3,5-8,10-11,13,22H,1-2,4,9,12H2;3*1H. The third kappa shape index (κ3) is 5.51. The summed E-state index contributed by atoms with van der Waals surface area (Å²) in [6.07, 6.45) is 6.97. The summed E-state index contributed by atoms with van der Waals surface area (Å²) in [7, 11) is 0. The number of phenolic OH excluding ortho intramolecular Hbond substituents is 1. The molecule has 3 heterocycles. The maximum absolute atomic E-state index is 9.65. The lowest BCUT2D eigenvalue weighted by atomic mass is 10.0. The number of hydrogen-bond acceptors (Lipinski definition) is 6. The summed E-state index contributed by atoms with van der Waals surface area (Å²) in [6, 6.07) is 9.46. The van der Waals surface area contributed by atoms with E-state index in [-0.39, 0.29) is 43.0 Å². The van der Waals surface area contributed by atoms with Gasteiger partial charge in [-0.1, -0.05) is 11.3 Å². The predicted molar refractivity (Wildman–Crippen MR) is 118 cm³/mol. The number of halogens is 3. The van der Waals surface area contributed by atoms with Crippen molar-refractivity contribution in [3.8, 4) is 11.5 Å². The Morgan fingerprint density at radius 3 is 2.81 bits per heavy atom. The Morgan fingerprint density at radius 2 is 2.04 bits per heavy atom. The molecule has 0 saturated carbocycles. The number of fused-ring (bicyclic) bond motifs is 1. The number of benzene rings is 1. The number of nitrogens with zero attached hydrogens (tertiary/aromatic N) is 3. The highest BCUT2D eigenvalue weighted by Gasteiger charge is 2.26. The van der Waals surface area contributed by atoms with Crippen LogP contribution in [0.3, 0.4) is 0 Å². The predicted octanol–water partition coefficient (Wildman–Crippen LogP) is 5.10. The number of hydrogen-bond donors (Lipinski definition) is 1. The number of aromatic hydroxyl groups is 1. The van der Waals surface area contributed by atoms with E-state index in [0.29, 0.717) is 12.6 Å². The molecule has 0 bridgehead atoms. The van der Waals surface area contributed by atoms with E-state index in [4.69, 9.17) is 9.72 Å². The van der Waals surface area contributed by atoms with Gasteiger partial charge in [0.05, 0.1) is 22.5 Å². The molecule has 1 fully saturated rings. The molecule has 0 aliphatic carbocycles. The zero-order valence-corrected chi connectivity index (χ0v) is 17.8. The lowest BCUT2D eigenvalue weighted by molar-refractivity contribution is 0.259. The molecule has 5 nitrogen and oxygen atoms in total. The quantitative estimate of drug-likeness (QED) is 0.599. The van der Waals surface area contributed by atoms with Crippen LogP contribution in [-0.2, 0) is 0 Å². The fraction of sp³-hybridized carbons (Fsp3) is 0.333. The molecule has 148 valence electrons. The molecule has 2 aromatic heterocycles. The van der Waals surface area contributed by atoms with Crippen molar-refractivity contribution in [2.75, 3.05) is 18.1 Å². The summed E-state index contributed by atoms with van der Waals surface area (Å²) in [4.78, 5) is 11.2. The number of anilines is 1. The van der Waals surface area contributed by atoms with Gasteiger partial charge in [0.25, 0.3) is 0 Å². The Balaban J connectivity index is 0.00000121. The van der Waals surface area contributed by atoms with Crippen molar-refractivity contribution in [1.82, 2.24) is 9.97 Å². The fourth-order valence-electron chi connectivity index (χ4n) is 3.07. The smallest absolute Gasteiger partial charge is 0.186 e. The minimum Gasteiger partial charge on any atom is -0.508 e. The summed E-state index contributed by atoms with van der Waals surface area (Å²) in [5.41, 5.74) is 0.935. The fourth-order valence-corrected chi connectivity index (χ4v) is 4.17. The number of thiazole rings is 1. The van der Waals surface area contributed by atoms with Crippen molar-refractivity contribution in [3.63, 3.8) is 0 Å². The van der Waals surface area contributed by atoms with E-state index >= 15 is 0 Å². The number of pyridine rings is 1. The zero-order valence-electron chi connectivity index (χ0n) is 14.5. The van der Waals surface area contributed by atoms with Crippen LogP contribution in [0.5, 0.6) is 11.5 Å². The van der Waals surface area contributed by atoms with E-state index < -0.39 is 0 Å². The average Bonchev–Trinajstić information content (AvgIpc) is 3.04. The Labute approximate surface area is 181 Å². The molecule has 1 aliphatic rings. The Hall–Kier alpha value is -1.47. The number of aromatic nitrogens is 2. The van der Waals surface area contributed by atoms with E-state index in [1.807, 2.05) is 18.2 Å². The summed E-state index contributed by atoms with van der Waals surface area (Å²) in [5.74, 6) is 1.09. The highest BCUT2D eigenvalue weighted by atomic mass is 35.5. The van der Waals surface area contributed by atoms with Gasteiger partial charge in [0.2, 0.25) is 0 Å². The van der Waals surface area contributed by atoms with Crippen LogP contribution < -0.4 is 9.64 Å². The van der Waals surface area contributed by atoms with E-state index in [1.54, 1.807) is 35.9 Å². The zero-order chi connectivity index (χ0) is 16.4. The lowest BCUT2D eigenvalue weighted by Crippen LogP contribution is -2.43. The van der Waals surface area contributed by atoms with Gasteiger partial charge in [-0.3, -0.25) is 4.98 Å². The summed E-state index contributed by atoms with van der Waals surface area (Å²) >= 11 is 1.63. The van der Waals surface area contributed by atoms with Crippen LogP contribution in [0.25, 0.3) is 10.2 Å². The third-order valence-corrected chi connectivity index (χ3v) is 5.37. The van der Waals surface area contributed by atoms with Crippen LogP contribution in [0, 0.1) is 0 Å². The second kappa shape index (κ2) is 10.8. The topological polar surface area (TPSA) is 58.5 Å². The first kappa shape index (κ1) is 23.6. The van der Waals surface area contributed by atoms with Crippen LogP contribution in [0.2, 0.25) is 0 Å². The SMILES string of the molecule is Cl.Cl.Cl.Oc1ccc2nc(N3CCCCC3COc3cccnc3)sc2c1. The van der Waals surface area contributed by atoms with Gasteiger partial charge >= 0.3 is 0 Å². The van der Waals surface area contributed by atoms with Gasteiger partial charge in [-0.05, 0) is 49.6 Å². The van der Waals surface area contributed by atoms with E-state index in [1.165, 1.54) is 12.8 Å². The molecule has 0 spiro atoms. The molecular formula is C18H22Cl3N3O2S. The van der Waals surface area contributed by atoms with Crippen molar-refractivity contribution < 1.29 is 9.84 Å².